The lowest BCUT2D eigenvalue weighted by Crippen LogP contribution is -2.12. The fourth-order valence-corrected chi connectivity index (χ4v) is 3.40. The maximum Gasteiger partial charge on any atom is 0.337 e. The molecule has 2 aromatic carbocycles. The van der Waals surface area contributed by atoms with Crippen molar-refractivity contribution in [1.82, 2.24) is 4.98 Å². The third-order valence-electron chi connectivity index (χ3n) is 5.48. The van der Waals surface area contributed by atoms with Crippen LogP contribution in [0.1, 0.15) is 33.5 Å². The average Bonchev–Trinajstić information content (AvgIpc) is 2.80. The van der Waals surface area contributed by atoms with Crippen molar-refractivity contribution in [2.75, 3.05) is 30.9 Å². The topological polar surface area (TPSA) is 74.7 Å². The van der Waals surface area contributed by atoms with Gasteiger partial charge in [0.1, 0.15) is 5.75 Å². The van der Waals surface area contributed by atoms with Gasteiger partial charge in [-0.15, -0.1) is 0 Å². The van der Waals surface area contributed by atoms with E-state index >= 15 is 0 Å². The molecule has 4 rings (SSSR count). The van der Waals surface area contributed by atoms with Gasteiger partial charge in [-0.1, -0.05) is 12.1 Å². The first-order chi connectivity index (χ1) is 14.9. The van der Waals surface area contributed by atoms with Gasteiger partial charge in [0.15, 0.2) is 0 Å². The Kier molecular flexibility index (Phi) is 7.13. The second-order valence-electron chi connectivity index (χ2n) is 7.55. The average molecular weight is 420 g/mol. The second-order valence-corrected chi connectivity index (χ2v) is 7.55. The number of aryl methyl sites for hydroxylation is 3. The number of hydrogen-bond acceptors (Lipinski definition) is 5. The zero-order chi connectivity index (χ0) is 22.4. The number of rotatable bonds is 4. The van der Waals surface area contributed by atoms with Crippen molar-refractivity contribution in [1.29, 1.82) is 0 Å². The van der Waals surface area contributed by atoms with E-state index < -0.39 is 5.97 Å². The standard InChI is InChI=1S/C18H21NO.C7H8N2O2/c1-13-6-8-16(11-14(13)2)19(3)17-9-7-15-5-4-10-20-18(15)12-17;1-8-6-4-9-3-2-5(6)7(10)11/h6-9,11-12H,4-5,10H2,1-3H3;2-4,8H,1H3,(H,10,11). The number of nitrogens with one attached hydrogen (secondary N) is 1. The molecule has 0 amide bonds. The smallest absolute Gasteiger partial charge is 0.337 e. The van der Waals surface area contributed by atoms with Gasteiger partial charge in [0.25, 0.3) is 0 Å². The summed E-state index contributed by atoms with van der Waals surface area (Å²) in [4.78, 5) is 16.5. The van der Waals surface area contributed by atoms with E-state index in [9.17, 15) is 4.79 Å². The summed E-state index contributed by atoms with van der Waals surface area (Å²) in [5.74, 6) is 0.0983. The summed E-state index contributed by atoms with van der Waals surface area (Å²) in [5.41, 5.74) is 7.13. The highest BCUT2D eigenvalue weighted by Gasteiger charge is 2.13. The summed E-state index contributed by atoms with van der Waals surface area (Å²) in [7, 11) is 3.76. The van der Waals surface area contributed by atoms with Crippen LogP contribution in [-0.2, 0) is 6.42 Å². The quantitative estimate of drug-likeness (QED) is 0.604. The molecule has 162 valence electrons. The maximum absolute atomic E-state index is 10.5. The van der Waals surface area contributed by atoms with Crippen molar-refractivity contribution in [2.24, 2.45) is 0 Å². The van der Waals surface area contributed by atoms with E-state index in [-0.39, 0.29) is 5.56 Å². The minimum atomic E-state index is -0.947. The molecule has 6 nitrogen and oxygen atoms in total. The van der Waals surface area contributed by atoms with Gasteiger partial charge in [0.05, 0.1) is 24.1 Å². The third-order valence-corrected chi connectivity index (χ3v) is 5.48. The number of hydrogen-bond donors (Lipinski definition) is 2. The van der Waals surface area contributed by atoms with Crippen molar-refractivity contribution in [3.8, 4) is 5.75 Å². The molecule has 3 aromatic rings. The lowest BCUT2D eigenvalue weighted by molar-refractivity contribution is 0.0698. The lowest BCUT2D eigenvalue weighted by Gasteiger charge is -2.24. The Morgan fingerprint density at radius 2 is 1.84 bits per heavy atom. The van der Waals surface area contributed by atoms with Crippen LogP contribution in [0.2, 0.25) is 0 Å². The molecule has 1 aliphatic heterocycles. The first kappa shape index (κ1) is 22.2. The molecule has 1 aliphatic rings. The number of aromatic nitrogens is 1. The zero-order valence-corrected chi connectivity index (χ0v) is 18.5. The van der Waals surface area contributed by atoms with Crippen LogP contribution in [0.5, 0.6) is 5.75 Å². The second kappa shape index (κ2) is 9.98. The molecule has 31 heavy (non-hydrogen) atoms. The highest BCUT2D eigenvalue weighted by Crippen LogP contribution is 2.32. The minimum Gasteiger partial charge on any atom is -0.493 e. The number of anilines is 3. The number of nitrogens with zero attached hydrogens (tertiary/aromatic N) is 2. The van der Waals surface area contributed by atoms with Crippen LogP contribution in [0, 0.1) is 13.8 Å². The van der Waals surface area contributed by atoms with Gasteiger partial charge in [-0.3, -0.25) is 4.98 Å². The summed E-state index contributed by atoms with van der Waals surface area (Å²) in [6.07, 6.45) is 5.18. The minimum absolute atomic E-state index is 0.238. The van der Waals surface area contributed by atoms with Crippen molar-refractivity contribution in [3.63, 3.8) is 0 Å². The summed E-state index contributed by atoms with van der Waals surface area (Å²) >= 11 is 0. The van der Waals surface area contributed by atoms with Gasteiger partial charge >= 0.3 is 5.97 Å². The number of benzene rings is 2. The number of aromatic carboxylic acids is 1. The molecule has 0 saturated carbocycles. The van der Waals surface area contributed by atoms with Gasteiger partial charge in [-0.25, -0.2) is 4.79 Å². The van der Waals surface area contributed by atoms with Crippen molar-refractivity contribution in [3.05, 3.63) is 77.1 Å². The Labute approximate surface area is 183 Å². The van der Waals surface area contributed by atoms with E-state index in [1.54, 1.807) is 7.05 Å². The summed E-state index contributed by atoms with van der Waals surface area (Å²) in [6, 6.07) is 14.6. The van der Waals surface area contributed by atoms with Gasteiger partial charge in [0.2, 0.25) is 0 Å². The Hall–Kier alpha value is -3.54. The van der Waals surface area contributed by atoms with Gasteiger partial charge < -0.3 is 20.1 Å². The monoisotopic (exact) mass is 419 g/mol. The number of pyridine rings is 1. The number of ether oxygens (including phenoxy) is 1. The molecule has 6 heteroatoms. The van der Waals surface area contributed by atoms with E-state index in [1.807, 2.05) is 0 Å². The van der Waals surface area contributed by atoms with Gasteiger partial charge in [0, 0.05) is 37.7 Å². The maximum atomic E-state index is 10.5. The highest BCUT2D eigenvalue weighted by molar-refractivity contribution is 5.93. The van der Waals surface area contributed by atoms with Crippen LogP contribution in [-0.4, -0.2) is 36.8 Å². The molecule has 0 atom stereocenters. The van der Waals surface area contributed by atoms with Gasteiger partial charge in [-0.05, 0) is 67.6 Å². The van der Waals surface area contributed by atoms with Crippen LogP contribution in [0.4, 0.5) is 17.1 Å². The SMILES string of the molecule is CNc1cnccc1C(=O)O.Cc1ccc(N(C)c2ccc3c(c2)OCCC3)cc1C. The van der Waals surface area contributed by atoms with Crippen LogP contribution in [0.25, 0.3) is 0 Å². The predicted molar refractivity (Wildman–Crippen MR) is 125 cm³/mol. The van der Waals surface area contributed by atoms with E-state index in [1.165, 1.54) is 46.5 Å². The number of carboxylic acids is 1. The molecular weight excluding hydrogens is 390 g/mol. The number of carbonyl (C=O) groups is 1. The molecule has 0 bridgehead atoms. The van der Waals surface area contributed by atoms with Crippen LogP contribution in [0.3, 0.4) is 0 Å². The van der Waals surface area contributed by atoms with E-state index in [2.05, 4.69) is 72.5 Å². The molecule has 0 spiro atoms. The van der Waals surface area contributed by atoms with E-state index in [4.69, 9.17) is 9.84 Å². The summed E-state index contributed by atoms with van der Waals surface area (Å²) in [5, 5.41) is 11.4. The Morgan fingerprint density at radius 3 is 2.52 bits per heavy atom. The lowest BCUT2D eigenvalue weighted by atomic mass is 10.0. The van der Waals surface area contributed by atoms with E-state index in [0.717, 1.165) is 25.2 Å². The summed E-state index contributed by atoms with van der Waals surface area (Å²) in [6.45, 7) is 5.14. The van der Waals surface area contributed by atoms with E-state index in [0.29, 0.717) is 5.69 Å². The van der Waals surface area contributed by atoms with Crippen molar-refractivity contribution < 1.29 is 14.6 Å². The molecule has 1 aromatic heterocycles. The molecule has 0 radical (unpaired) electrons. The highest BCUT2D eigenvalue weighted by atomic mass is 16.5. The molecule has 0 aliphatic carbocycles. The Morgan fingerprint density at radius 1 is 1.10 bits per heavy atom. The number of carboxylic acid groups (broad SMARTS) is 1. The van der Waals surface area contributed by atoms with Crippen molar-refractivity contribution in [2.45, 2.75) is 26.7 Å². The zero-order valence-electron chi connectivity index (χ0n) is 18.5. The number of fused-ring (bicyclic) bond motifs is 1. The van der Waals surface area contributed by atoms with Crippen molar-refractivity contribution >= 4 is 23.0 Å². The van der Waals surface area contributed by atoms with Crippen LogP contribution >= 0.6 is 0 Å². The molecule has 2 N–H and O–H groups in total. The third kappa shape index (κ3) is 5.34. The normalized spacial score (nSPS) is 12.0. The Bertz CT molecular complexity index is 1070. The van der Waals surface area contributed by atoms with Gasteiger partial charge in [-0.2, -0.15) is 0 Å². The van der Waals surface area contributed by atoms with Crippen LogP contribution < -0.4 is 15.0 Å². The van der Waals surface area contributed by atoms with Crippen LogP contribution in [0.15, 0.2) is 54.9 Å². The molecule has 0 fully saturated rings. The molecule has 0 unspecified atom stereocenters. The largest absolute Gasteiger partial charge is 0.493 e. The molecular formula is C25H29N3O3. The fraction of sp³-hybridized carbons (Fsp3) is 0.280. The molecule has 0 saturated heterocycles. The fourth-order valence-electron chi connectivity index (χ4n) is 3.40. The first-order valence-electron chi connectivity index (χ1n) is 10.3. The summed E-state index contributed by atoms with van der Waals surface area (Å²) < 4.78 is 5.77. The predicted octanol–water partition coefficient (Wildman–Crippen LogP) is 5.22. The molecule has 2 heterocycles. The first-order valence-corrected chi connectivity index (χ1v) is 10.3. The Balaban J connectivity index is 0.000000210.